The minimum absolute atomic E-state index is 0.128. The third-order valence-electron chi connectivity index (χ3n) is 3.85. The number of carbonyl (C=O) groups is 1. The Kier molecular flexibility index (Phi) is 5.44. The van der Waals surface area contributed by atoms with Crippen molar-refractivity contribution >= 4 is 15.9 Å². The highest BCUT2D eigenvalue weighted by Gasteiger charge is 2.33. The molecular weight excluding hydrogens is 314 g/mol. The van der Waals surface area contributed by atoms with E-state index in [2.05, 4.69) is 5.32 Å². The lowest BCUT2D eigenvalue weighted by molar-refractivity contribution is -0.126. The van der Waals surface area contributed by atoms with Gasteiger partial charge in [0.25, 0.3) is 0 Å². The van der Waals surface area contributed by atoms with Gasteiger partial charge in [-0.25, -0.2) is 8.42 Å². The fourth-order valence-electron chi connectivity index (χ4n) is 2.58. The molecule has 1 unspecified atom stereocenters. The highest BCUT2D eigenvalue weighted by Crippen LogP contribution is 2.23. The van der Waals surface area contributed by atoms with Gasteiger partial charge in [-0.05, 0) is 38.8 Å². The van der Waals surface area contributed by atoms with E-state index < -0.39 is 15.6 Å². The quantitative estimate of drug-likeness (QED) is 0.835. The maximum Gasteiger partial charge on any atom is 0.243 e. The maximum atomic E-state index is 12.6. The number of nitrogens with one attached hydrogen (secondary N) is 1. The molecule has 0 bridgehead atoms. The van der Waals surface area contributed by atoms with E-state index >= 15 is 0 Å². The summed E-state index contributed by atoms with van der Waals surface area (Å²) in [5.74, 6) is -0.457. The van der Waals surface area contributed by atoms with Crippen LogP contribution in [0, 0.1) is 5.92 Å². The third-order valence-corrected chi connectivity index (χ3v) is 5.73. The van der Waals surface area contributed by atoms with Crippen molar-refractivity contribution in [1.82, 2.24) is 9.62 Å². The Morgan fingerprint density at radius 2 is 2.00 bits per heavy atom. The van der Waals surface area contributed by atoms with Gasteiger partial charge in [0.2, 0.25) is 15.9 Å². The standard InChI is InChI=1S/C16H25N3O3S/c1-16(2,17)12-18-15(20)13-7-6-10-19(11-13)23(21,22)14-8-4-3-5-9-14/h3-5,8-9,13H,6-7,10-12,17H2,1-2H3,(H,18,20). The molecule has 0 aliphatic carbocycles. The fourth-order valence-corrected chi connectivity index (χ4v) is 4.12. The van der Waals surface area contributed by atoms with Crippen LogP contribution in [0.25, 0.3) is 0 Å². The van der Waals surface area contributed by atoms with Gasteiger partial charge in [-0.1, -0.05) is 18.2 Å². The van der Waals surface area contributed by atoms with Crippen LogP contribution in [0.5, 0.6) is 0 Å². The number of nitrogens with zero attached hydrogens (tertiary/aromatic N) is 1. The molecule has 1 heterocycles. The predicted molar refractivity (Wildman–Crippen MR) is 89.2 cm³/mol. The highest BCUT2D eigenvalue weighted by atomic mass is 32.2. The Hall–Kier alpha value is -1.44. The topological polar surface area (TPSA) is 92.5 Å². The summed E-state index contributed by atoms with van der Waals surface area (Å²) in [5.41, 5.74) is 5.38. The molecule has 0 spiro atoms. The number of carbonyl (C=O) groups excluding carboxylic acids is 1. The van der Waals surface area contributed by atoms with E-state index in [-0.39, 0.29) is 23.3 Å². The van der Waals surface area contributed by atoms with Crippen LogP contribution >= 0.6 is 0 Å². The average molecular weight is 339 g/mol. The number of piperidine rings is 1. The molecule has 1 fully saturated rings. The summed E-state index contributed by atoms with van der Waals surface area (Å²) < 4.78 is 26.7. The van der Waals surface area contributed by atoms with Crippen molar-refractivity contribution in [2.24, 2.45) is 11.7 Å². The maximum absolute atomic E-state index is 12.6. The van der Waals surface area contributed by atoms with Crippen LogP contribution in [-0.4, -0.2) is 43.8 Å². The summed E-state index contributed by atoms with van der Waals surface area (Å²) in [6, 6.07) is 8.33. The van der Waals surface area contributed by atoms with Gasteiger partial charge < -0.3 is 11.1 Å². The number of hydrogen-bond donors (Lipinski definition) is 2. The molecule has 0 aromatic heterocycles. The van der Waals surface area contributed by atoms with Crippen molar-refractivity contribution in [3.63, 3.8) is 0 Å². The molecule has 0 saturated carbocycles. The average Bonchev–Trinajstić information content (AvgIpc) is 2.53. The van der Waals surface area contributed by atoms with Crippen LogP contribution < -0.4 is 11.1 Å². The first-order valence-electron chi connectivity index (χ1n) is 7.82. The number of sulfonamides is 1. The van der Waals surface area contributed by atoms with E-state index in [1.807, 2.05) is 13.8 Å². The zero-order valence-electron chi connectivity index (χ0n) is 13.7. The van der Waals surface area contributed by atoms with Crippen LogP contribution in [-0.2, 0) is 14.8 Å². The van der Waals surface area contributed by atoms with Gasteiger partial charge in [0.15, 0.2) is 0 Å². The molecule has 128 valence electrons. The Bertz CT molecular complexity index is 638. The van der Waals surface area contributed by atoms with Gasteiger partial charge in [-0.15, -0.1) is 0 Å². The van der Waals surface area contributed by atoms with Crippen molar-refractivity contribution in [2.45, 2.75) is 37.1 Å². The normalized spacial score (nSPS) is 20.2. The molecule has 1 aliphatic rings. The second-order valence-corrected chi connectivity index (χ2v) is 8.66. The lowest BCUT2D eigenvalue weighted by atomic mass is 9.98. The number of rotatable bonds is 5. The largest absolute Gasteiger partial charge is 0.354 e. The lowest BCUT2D eigenvalue weighted by Crippen LogP contribution is -2.50. The minimum atomic E-state index is -3.54. The molecule has 1 amide bonds. The predicted octanol–water partition coefficient (Wildman–Crippen LogP) is 0.941. The zero-order valence-corrected chi connectivity index (χ0v) is 14.5. The van der Waals surface area contributed by atoms with E-state index in [4.69, 9.17) is 5.73 Å². The zero-order chi connectivity index (χ0) is 17.1. The smallest absolute Gasteiger partial charge is 0.243 e. The van der Waals surface area contributed by atoms with Crippen molar-refractivity contribution in [3.8, 4) is 0 Å². The lowest BCUT2D eigenvalue weighted by Gasteiger charge is -2.31. The van der Waals surface area contributed by atoms with E-state index in [1.165, 1.54) is 4.31 Å². The number of nitrogens with two attached hydrogens (primary N) is 1. The molecule has 0 radical (unpaired) electrons. The molecule has 2 rings (SSSR count). The summed E-state index contributed by atoms with van der Waals surface area (Å²) in [6.07, 6.45) is 1.37. The Morgan fingerprint density at radius 1 is 1.35 bits per heavy atom. The number of hydrogen-bond acceptors (Lipinski definition) is 4. The van der Waals surface area contributed by atoms with Gasteiger partial charge >= 0.3 is 0 Å². The highest BCUT2D eigenvalue weighted by molar-refractivity contribution is 7.89. The third kappa shape index (κ3) is 4.76. The number of benzene rings is 1. The fraction of sp³-hybridized carbons (Fsp3) is 0.562. The molecule has 3 N–H and O–H groups in total. The summed E-state index contributed by atoms with van der Waals surface area (Å²) in [7, 11) is -3.54. The van der Waals surface area contributed by atoms with Crippen molar-refractivity contribution in [1.29, 1.82) is 0 Å². The Morgan fingerprint density at radius 3 is 2.61 bits per heavy atom. The summed E-state index contributed by atoms with van der Waals surface area (Å²) in [6.45, 7) is 4.70. The first-order valence-corrected chi connectivity index (χ1v) is 9.26. The monoisotopic (exact) mass is 339 g/mol. The first kappa shape index (κ1) is 17.9. The minimum Gasteiger partial charge on any atom is -0.354 e. The molecule has 1 saturated heterocycles. The second kappa shape index (κ2) is 6.98. The van der Waals surface area contributed by atoms with E-state index in [0.29, 0.717) is 25.9 Å². The molecule has 23 heavy (non-hydrogen) atoms. The van der Waals surface area contributed by atoms with E-state index in [0.717, 1.165) is 0 Å². The first-order chi connectivity index (χ1) is 10.7. The second-order valence-electron chi connectivity index (χ2n) is 6.72. The van der Waals surface area contributed by atoms with Crippen LogP contribution in [0.3, 0.4) is 0 Å². The van der Waals surface area contributed by atoms with Crippen molar-refractivity contribution < 1.29 is 13.2 Å². The Labute approximate surface area is 138 Å². The van der Waals surface area contributed by atoms with Gasteiger partial charge in [0.05, 0.1) is 10.8 Å². The molecular formula is C16H25N3O3S. The Balaban J connectivity index is 2.05. The molecule has 1 atom stereocenters. The summed E-state index contributed by atoms with van der Waals surface area (Å²) in [5, 5.41) is 2.82. The molecule has 1 aliphatic heterocycles. The molecule has 6 nitrogen and oxygen atoms in total. The SMILES string of the molecule is CC(C)(N)CNC(=O)C1CCCN(S(=O)(=O)c2ccccc2)C1. The number of amides is 1. The van der Waals surface area contributed by atoms with Crippen LogP contribution in [0.4, 0.5) is 0 Å². The molecule has 7 heteroatoms. The van der Waals surface area contributed by atoms with Crippen molar-refractivity contribution in [2.75, 3.05) is 19.6 Å². The van der Waals surface area contributed by atoms with Crippen LogP contribution in [0.2, 0.25) is 0 Å². The van der Waals surface area contributed by atoms with Gasteiger partial charge in [0.1, 0.15) is 0 Å². The van der Waals surface area contributed by atoms with Crippen molar-refractivity contribution in [3.05, 3.63) is 30.3 Å². The van der Waals surface area contributed by atoms with Gasteiger partial charge in [-0.3, -0.25) is 4.79 Å². The summed E-state index contributed by atoms with van der Waals surface area (Å²) >= 11 is 0. The van der Waals surface area contributed by atoms with E-state index in [9.17, 15) is 13.2 Å². The molecule has 1 aromatic rings. The molecule has 1 aromatic carbocycles. The van der Waals surface area contributed by atoms with Crippen LogP contribution in [0.1, 0.15) is 26.7 Å². The van der Waals surface area contributed by atoms with Gasteiger partial charge in [0, 0.05) is 25.2 Å². The summed E-state index contributed by atoms with van der Waals surface area (Å²) in [4.78, 5) is 12.5. The van der Waals surface area contributed by atoms with Gasteiger partial charge in [-0.2, -0.15) is 4.31 Å². The van der Waals surface area contributed by atoms with Crippen LogP contribution in [0.15, 0.2) is 35.2 Å². The van der Waals surface area contributed by atoms with E-state index in [1.54, 1.807) is 30.3 Å².